The normalized spacial score (nSPS) is 11.0. The molecule has 1 amide bonds. The number of para-hydroxylation sites is 1. The smallest absolute Gasteiger partial charge is 0.337 e. The van der Waals surface area contributed by atoms with Gasteiger partial charge in [0, 0.05) is 11.3 Å². The van der Waals surface area contributed by atoms with Gasteiger partial charge in [-0.15, -0.1) is 0 Å². The second kappa shape index (κ2) is 9.87. The van der Waals surface area contributed by atoms with E-state index in [0.717, 1.165) is 16.7 Å². The maximum absolute atomic E-state index is 12.6. The number of sulfonamides is 1. The number of carbonyl (C=O) groups excluding carboxylic acids is 2. The van der Waals surface area contributed by atoms with Crippen LogP contribution in [0.2, 0.25) is 0 Å². The summed E-state index contributed by atoms with van der Waals surface area (Å²) in [6.07, 6.45) is 1.19. The van der Waals surface area contributed by atoms with Crippen molar-refractivity contribution in [2.45, 2.75) is 20.4 Å². The summed E-state index contributed by atoms with van der Waals surface area (Å²) in [6, 6.07) is 18.8. The van der Waals surface area contributed by atoms with Gasteiger partial charge < -0.3 is 10.1 Å². The first-order chi connectivity index (χ1) is 15.6. The third kappa shape index (κ3) is 5.78. The van der Waals surface area contributed by atoms with Crippen LogP contribution in [0.3, 0.4) is 0 Å². The van der Waals surface area contributed by atoms with E-state index in [2.05, 4.69) is 10.1 Å². The van der Waals surface area contributed by atoms with Crippen molar-refractivity contribution >= 4 is 33.3 Å². The molecule has 0 saturated heterocycles. The van der Waals surface area contributed by atoms with Gasteiger partial charge in [-0.1, -0.05) is 30.3 Å². The molecule has 0 atom stereocenters. The number of rotatable bonds is 7. The highest BCUT2D eigenvalue weighted by molar-refractivity contribution is 7.92. The minimum absolute atomic E-state index is 0.154. The van der Waals surface area contributed by atoms with Crippen molar-refractivity contribution in [1.82, 2.24) is 0 Å². The van der Waals surface area contributed by atoms with Crippen molar-refractivity contribution in [3.63, 3.8) is 0 Å². The molecular formula is C25H26N2O5S. The van der Waals surface area contributed by atoms with Gasteiger partial charge in [-0.3, -0.25) is 9.10 Å². The van der Waals surface area contributed by atoms with Gasteiger partial charge >= 0.3 is 5.97 Å². The molecule has 8 heteroatoms. The molecule has 0 saturated carbocycles. The molecule has 3 aromatic rings. The predicted molar refractivity (Wildman–Crippen MR) is 129 cm³/mol. The number of benzene rings is 3. The van der Waals surface area contributed by atoms with E-state index in [1.165, 1.54) is 17.7 Å². The summed E-state index contributed by atoms with van der Waals surface area (Å²) in [7, 11) is -2.21. The maximum Gasteiger partial charge on any atom is 0.337 e. The third-order valence-corrected chi connectivity index (χ3v) is 6.31. The summed E-state index contributed by atoms with van der Waals surface area (Å²) in [5.74, 6) is -0.769. The quantitative estimate of drug-likeness (QED) is 0.524. The number of hydrogen-bond donors (Lipinski definition) is 1. The molecule has 0 bridgehead atoms. The van der Waals surface area contributed by atoms with E-state index < -0.39 is 16.0 Å². The number of nitrogens with one attached hydrogen (secondary N) is 1. The summed E-state index contributed by atoms with van der Waals surface area (Å²) in [5, 5.41) is 2.77. The molecule has 0 aliphatic rings. The fourth-order valence-corrected chi connectivity index (χ4v) is 4.50. The lowest BCUT2D eigenvalue weighted by Gasteiger charge is -2.26. The highest BCUT2D eigenvalue weighted by Crippen LogP contribution is 2.28. The molecule has 0 aliphatic heterocycles. The average Bonchev–Trinajstić information content (AvgIpc) is 2.78. The third-order valence-electron chi connectivity index (χ3n) is 5.20. The fourth-order valence-electron chi connectivity index (χ4n) is 3.50. The van der Waals surface area contributed by atoms with Crippen molar-refractivity contribution in [3.8, 4) is 0 Å². The summed E-state index contributed by atoms with van der Waals surface area (Å²) < 4.78 is 31.1. The number of nitrogens with zero attached hydrogens (tertiary/aromatic N) is 1. The highest BCUT2D eigenvalue weighted by Gasteiger charge is 2.21. The van der Waals surface area contributed by atoms with Gasteiger partial charge in [0.15, 0.2) is 0 Å². The van der Waals surface area contributed by atoms with Crippen LogP contribution in [0.15, 0.2) is 66.7 Å². The maximum atomic E-state index is 12.6. The lowest BCUT2D eigenvalue weighted by atomic mass is 10.1. The van der Waals surface area contributed by atoms with Crippen molar-refractivity contribution in [2.24, 2.45) is 0 Å². The lowest BCUT2D eigenvalue weighted by molar-refractivity contribution is 0.0600. The van der Waals surface area contributed by atoms with E-state index in [1.54, 1.807) is 48.5 Å². The Kier molecular flexibility index (Phi) is 7.18. The molecule has 0 aliphatic carbocycles. The number of ether oxygens (including phenoxy) is 1. The van der Waals surface area contributed by atoms with Crippen LogP contribution in [0.25, 0.3) is 0 Å². The largest absolute Gasteiger partial charge is 0.465 e. The van der Waals surface area contributed by atoms with Gasteiger partial charge in [0.1, 0.15) is 0 Å². The van der Waals surface area contributed by atoms with Gasteiger partial charge in [-0.05, 0) is 66.9 Å². The van der Waals surface area contributed by atoms with Crippen molar-refractivity contribution < 1.29 is 22.7 Å². The van der Waals surface area contributed by atoms with E-state index >= 15 is 0 Å². The zero-order valence-corrected chi connectivity index (χ0v) is 19.8. The predicted octanol–water partition coefficient (Wildman–Crippen LogP) is 4.31. The first kappa shape index (κ1) is 24.0. The molecule has 7 nitrogen and oxygen atoms in total. The number of carbonyl (C=O) groups is 2. The van der Waals surface area contributed by atoms with E-state index in [-0.39, 0.29) is 12.5 Å². The van der Waals surface area contributed by atoms with Crippen molar-refractivity contribution in [2.75, 3.05) is 23.0 Å². The molecule has 0 aromatic heterocycles. The molecule has 0 heterocycles. The van der Waals surface area contributed by atoms with Crippen LogP contribution in [0, 0.1) is 13.8 Å². The zero-order valence-electron chi connectivity index (χ0n) is 19.0. The lowest BCUT2D eigenvalue weighted by Crippen LogP contribution is -2.30. The number of anilines is 2. The fraction of sp³-hybridized carbons (Fsp3) is 0.200. The monoisotopic (exact) mass is 466 g/mol. The van der Waals surface area contributed by atoms with E-state index in [1.807, 2.05) is 32.0 Å². The Labute approximate surface area is 194 Å². The highest BCUT2D eigenvalue weighted by atomic mass is 32.2. The number of amides is 1. The van der Waals surface area contributed by atoms with Gasteiger partial charge in [-0.2, -0.15) is 0 Å². The molecule has 0 unspecified atom stereocenters. The molecular weight excluding hydrogens is 440 g/mol. The molecule has 0 fully saturated rings. The Morgan fingerprint density at radius 1 is 0.879 bits per heavy atom. The number of aryl methyl sites for hydroxylation is 2. The average molecular weight is 467 g/mol. The first-order valence-corrected chi connectivity index (χ1v) is 12.1. The van der Waals surface area contributed by atoms with Gasteiger partial charge in [0.2, 0.25) is 10.0 Å². The van der Waals surface area contributed by atoms with E-state index in [9.17, 15) is 18.0 Å². The van der Waals surface area contributed by atoms with Crippen LogP contribution in [-0.4, -0.2) is 33.7 Å². The Morgan fingerprint density at radius 3 is 1.94 bits per heavy atom. The molecule has 0 radical (unpaired) electrons. The summed E-state index contributed by atoms with van der Waals surface area (Å²) in [5.41, 5.74) is 4.51. The Hall–Kier alpha value is -3.65. The number of hydrogen-bond acceptors (Lipinski definition) is 5. The van der Waals surface area contributed by atoms with Gasteiger partial charge in [-0.25, -0.2) is 13.2 Å². The van der Waals surface area contributed by atoms with Crippen molar-refractivity contribution in [3.05, 3.63) is 94.5 Å². The molecule has 3 rings (SSSR count). The number of esters is 1. The van der Waals surface area contributed by atoms with Gasteiger partial charge in [0.25, 0.3) is 5.91 Å². The molecule has 33 heavy (non-hydrogen) atoms. The second-order valence-electron chi connectivity index (χ2n) is 7.73. The van der Waals surface area contributed by atoms with Gasteiger partial charge in [0.05, 0.1) is 31.2 Å². The van der Waals surface area contributed by atoms with Crippen LogP contribution in [0.5, 0.6) is 0 Å². The Morgan fingerprint density at radius 2 is 1.42 bits per heavy atom. The van der Waals surface area contributed by atoms with Crippen LogP contribution in [0.4, 0.5) is 11.4 Å². The topological polar surface area (TPSA) is 92.8 Å². The van der Waals surface area contributed by atoms with Crippen LogP contribution in [0.1, 0.15) is 37.4 Å². The minimum Gasteiger partial charge on any atom is -0.465 e. The zero-order chi connectivity index (χ0) is 24.2. The SMILES string of the molecule is COC(=O)c1ccc(NC(=O)c2ccc(CN(c3c(C)cccc3C)S(C)(=O)=O)cc2)cc1. The van der Waals surface area contributed by atoms with Crippen LogP contribution >= 0.6 is 0 Å². The molecule has 172 valence electrons. The van der Waals surface area contributed by atoms with E-state index in [4.69, 9.17) is 0 Å². The molecule has 0 spiro atoms. The molecule has 1 N–H and O–H groups in total. The minimum atomic E-state index is -3.52. The van der Waals surface area contributed by atoms with Crippen LogP contribution in [-0.2, 0) is 21.3 Å². The molecule has 3 aromatic carbocycles. The van der Waals surface area contributed by atoms with E-state index in [0.29, 0.717) is 22.5 Å². The summed E-state index contributed by atoms with van der Waals surface area (Å²) in [6.45, 7) is 3.92. The summed E-state index contributed by atoms with van der Waals surface area (Å²) >= 11 is 0. The standard InChI is InChI=1S/C25H26N2O5S/c1-17-6-5-7-18(2)23(17)27(33(4,30)31)16-19-8-10-20(11-9-19)24(28)26-22-14-12-21(13-15-22)25(29)32-3/h5-15H,16H2,1-4H3,(H,26,28). The Balaban J connectivity index is 1.76. The summed E-state index contributed by atoms with van der Waals surface area (Å²) in [4.78, 5) is 24.1. The number of methoxy groups -OCH3 is 1. The first-order valence-electron chi connectivity index (χ1n) is 10.2. The van der Waals surface area contributed by atoms with Crippen LogP contribution < -0.4 is 9.62 Å². The Bertz CT molecular complexity index is 1250. The van der Waals surface area contributed by atoms with Crippen molar-refractivity contribution in [1.29, 1.82) is 0 Å². The second-order valence-corrected chi connectivity index (χ2v) is 9.64.